The second-order valence-corrected chi connectivity index (χ2v) is 7.26. The zero-order valence-electron chi connectivity index (χ0n) is 18.2. The molecule has 0 saturated carbocycles. The Morgan fingerprint density at radius 1 is 0.969 bits per heavy atom. The third-order valence-electron chi connectivity index (χ3n) is 4.72. The van der Waals surface area contributed by atoms with E-state index in [0.29, 0.717) is 5.75 Å². The molecule has 0 radical (unpaired) electrons. The van der Waals surface area contributed by atoms with Gasteiger partial charge in [0.1, 0.15) is 42.2 Å². The number of hydrogen-bond donors (Lipinski definition) is 0. The molecule has 2 aromatic rings. The maximum absolute atomic E-state index is 12.0. The summed E-state index contributed by atoms with van der Waals surface area (Å²) < 4.78 is 22.6. The molecule has 166 valence electrons. The Kier molecular flexibility index (Phi) is 8.47. The largest absolute Gasteiger partial charge is 0.497 e. The minimum absolute atomic E-state index is 0.00852. The van der Waals surface area contributed by atoms with Crippen LogP contribution in [0.2, 0.25) is 0 Å². The van der Waals surface area contributed by atoms with Gasteiger partial charge in [0, 0.05) is 12.0 Å². The monoisotopic (exact) mass is 434 g/mol. The van der Waals surface area contributed by atoms with Crippen molar-refractivity contribution >= 4 is 11.8 Å². The van der Waals surface area contributed by atoms with Gasteiger partial charge in [-0.05, 0) is 55.5 Å². The van der Waals surface area contributed by atoms with Crippen molar-refractivity contribution in [3.05, 3.63) is 72.3 Å². The highest BCUT2D eigenvalue weighted by Crippen LogP contribution is 2.23. The van der Waals surface area contributed by atoms with Crippen LogP contribution in [-0.2, 0) is 19.1 Å². The molecule has 3 rings (SSSR count). The standard InChI is InChI=1S/C26H26O6/c1-19(27)8-17-26(28)30-18-25-24(31-23-13-11-21(29-2)12-14-23)16-15-22(32-25)10-9-20-6-4-3-5-7-20/h3-7,11-16,22,24-25H,8,17-18H2,1-2H3/t22-,24+,25-/m1/s1. The van der Waals surface area contributed by atoms with E-state index in [1.54, 1.807) is 31.4 Å². The van der Waals surface area contributed by atoms with Crippen molar-refractivity contribution in [1.82, 2.24) is 0 Å². The van der Waals surface area contributed by atoms with Crippen LogP contribution in [0.15, 0.2) is 66.7 Å². The Labute approximate surface area is 188 Å². The molecule has 6 heteroatoms. The quantitative estimate of drug-likeness (QED) is 0.358. The third-order valence-corrected chi connectivity index (χ3v) is 4.72. The Morgan fingerprint density at radius 2 is 1.69 bits per heavy atom. The van der Waals surface area contributed by atoms with Gasteiger partial charge in [0.25, 0.3) is 0 Å². The summed E-state index contributed by atoms with van der Waals surface area (Å²) >= 11 is 0. The summed E-state index contributed by atoms with van der Waals surface area (Å²) in [6, 6.07) is 16.8. The van der Waals surface area contributed by atoms with Gasteiger partial charge in [-0.15, -0.1) is 0 Å². The van der Waals surface area contributed by atoms with E-state index < -0.39 is 24.3 Å². The van der Waals surface area contributed by atoms with E-state index in [1.807, 2.05) is 42.5 Å². The first kappa shape index (κ1) is 23.1. The molecule has 1 aliphatic rings. The summed E-state index contributed by atoms with van der Waals surface area (Å²) in [6.45, 7) is 1.43. The van der Waals surface area contributed by atoms with E-state index in [-0.39, 0.29) is 25.2 Å². The first-order valence-electron chi connectivity index (χ1n) is 10.4. The minimum Gasteiger partial charge on any atom is -0.497 e. The number of ketones is 1. The van der Waals surface area contributed by atoms with Crippen molar-refractivity contribution in [2.75, 3.05) is 13.7 Å². The van der Waals surface area contributed by atoms with Gasteiger partial charge in [-0.3, -0.25) is 4.79 Å². The Hall–Kier alpha value is -3.56. The van der Waals surface area contributed by atoms with Crippen LogP contribution in [0.25, 0.3) is 0 Å². The summed E-state index contributed by atoms with van der Waals surface area (Å²) in [5.74, 6) is 7.00. The molecule has 0 spiro atoms. The fourth-order valence-corrected chi connectivity index (χ4v) is 2.99. The SMILES string of the molecule is COc1ccc(O[C@H]2C=C[C@@H](C#Cc3ccccc3)O[C@@H]2COC(=O)CCC(C)=O)cc1. The second-order valence-electron chi connectivity index (χ2n) is 7.26. The number of esters is 1. The molecule has 0 fully saturated rings. The van der Waals surface area contributed by atoms with Gasteiger partial charge in [-0.2, -0.15) is 0 Å². The smallest absolute Gasteiger partial charge is 0.306 e. The molecular weight excluding hydrogens is 408 g/mol. The van der Waals surface area contributed by atoms with Crippen molar-refractivity contribution in [2.45, 2.75) is 38.1 Å². The fraction of sp³-hybridized carbons (Fsp3) is 0.308. The summed E-state index contributed by atoms with van der Waals surface area (Å²) in [5.41, 5.74) is 0.883. The normalized spacial score (nSPS) is 19.4. The van der Waals surface area contributed by atoms with Crippen LogP contribution in [0.3, 0.4) is 0 Å². The first-order valence-corrected chi connectivity index (χ1v) is 10.4. The topological polar surface area (TPSA) is 71.1 Å². The molecule has 3 atom stereocenters. The van der Waals surface area contributed by atoms with E-state index in [0.717, 1.165) is 11.3 Å². The van der Waals surface area contributed by atoms with Crippen molar-refractivity contribution < 1.29 is 28.5 Å². The first-order chi connectivity index (χ1) is 15.5. The van der Waals surface area contributed by atoms with E-state index in [4.69, 9.17) is 18.9 Å². The van der Waals surface area contributed by atoms with Crippen LogP contribution in [0, 0.1) is 11.8 Å². The second kappa shape index (κ2) is 11.7. The lowest BCUT2D eigenvalue weighted by atomic mass is 10.1. The van der Waals surface area contributed by atoms with Crippen LogP contribution in [0.5, 0.6) is 11.5 Å². The summed E-state index contributed by atoms with van der Waals surface area (Å²) in [6.07, 6.45) is 2.40. The van der Waals surface area contributed by atoms with E-state index >= 15 is 0 Å². The van der Waals surface area contributed by atoms with Crippen molar-refractivity contribution in [3.8, 4) is 23.3 Å². The average molecular weight is 434 g/mol. The Bertz CT molecular complexity index is 984. The highest BCUT2D eigenvalue weighted by Gasteiger charge is 2.29. The average Bonchev–Trinajstić information content (AvgIpc) is 2.82. The zero-order valence-corrected chi connectivity index (χ0v) is 18.2. The summed E-state index contributed by atoms with van der Waals surface area (Å²) in [7, 11) is 1.60. The highest BCUT2D eigenvalue weighted by atomic mass is 16.6. The minimum atomic E-state index is -0.557. The number of hydrogen-bond acceptors (Lipinski definition) is 6. The van der Waals surface area contributed by atoms with Crippen molar-refractivity contribution in [2.24, 2.45) is 0 Å². The maximum Gasteiger partial charge on any atom is 0.306 e. The van der Waals surface area contributed by atoms with Crippen LogP contribution in [-0.4, -0.2) is 43.8 Å². The van der Waals surface area contributed by atoms with Gasteiger partial charge in [-0.1, -0.05) is 30.0 Å². The molecule has 0 aromatic heterocycles. The highest BCUT2D eigenvalue weighted by molar-refractivity contribution is 5.80. The van der Waals surface area contributed by atoms with Gasteiger partial charge in [0.2, 0.25) is 0 Å². The molecular formula is C26H26O6. The summed E-state index contributed by atoms with van der Waals surface area (Å²) in [4.78, 5) is 23.1. The zero-order chi connectivity index (χ0) is 22.8. The molecule has 0 unspecified atom stereocenters. The maximum atomic E-state index is 12.0. The molecule has 1 aliphatic heterocycles. The molecule has 0 amide bonds. The Balaban J connectivity index is 1.69. The molecule has 6 nitrogen and oxygen atoms in total. The number of ether oxygens (including phenoxy) is 4. The van der Waals surface area contributed by atoms with Crippen LogP contribution < -0.4 is 9.47 Å². The molecule has 0 N–H and O–H groups in total. The predicted molar refractivity (Wildman–Crippen MR) is 119 cm³/mol. The lowest BCUT2D eigenvalue weighted by Gasteiger charge is -2.30. The lowest BCUT2D eigenvalue weighted by Crippen LogP contribution is -2.42. The molecule has 0 saturated heterocycles. The number of rotatable bonds is 8. The number of carbonyl (C=O) groups excluding carboxylic acids is 2. The number of methoxy groups -OCH3 is 1. The molecule has 0 aliphatic carbocycles. The van der Waals surface area contributed by atoms with Gasteiger partial charge in [0.15, 0.2) is 0 Å². The van der Waals surface area contributed by atoms with Gasteiger partial charge >= 0.3 is 5.97 Å². The van der Waals surface area contributed by atoms with E-state index in [2.05, 4.69) is 11.8 Å². The molecule has 32 heavy (non-hydrogen) atoms. The molecule has 1 heterocycles. The van der Waals surface area contributed by atoms with Crippen LogP contribution >= 0.6 is 0 Å². The predicted octanol–water partition coefficient (Wildman–Crippen LogP) is 3.73. The lowest BCUT2D eigenvalue weighted by molar-refractivity contribution is -0.152. The van der Waals surface area contributed by atoms with Gasteiger partial charge < -0.3 is 23.7 Å². The van der Waals surface area contributed by atoms with Crippen molar-refractivity contribution in [3.63, 3.8) is 0 Å². The molecule has 2 aromatic carbocycles. The fourth-order valence-electron chi connectivity index (χ4n) is 2.99. The summed E-state index contributed by atoms with van der Waals surface area (Å²) in [5, 5.41) is 0. The third kappa shape index (κ3) is 7.29. The van der Waals surface area contributed by atoms with Crippen LogP contribution in [0.4, 0.5) is 0 Å². The number of benzene rings is 2. The van der Waals surface area contributed by atoms with Gasteiger partial charge in [-0.25, -0.2) is 0 Å². The van der Waals surface area contributed by atoms with Crippen molar-refractivity contribution in [1.29, 1.82) is 0 Å². The van der Waals surface area contributed by atoms with E-state index in [9.17, 15) is 9.59 Å². The number of carbonyl (C=O) groups is 2. The van der Waals surface area contributed by atoms with Gasteiger partial charge in [0.05, 0.1) is 13.5 Å². The van der Waals surface area contributed by atoms with E-state index in [1.165, 1.54) is 6.92 Å². The Morgan fingerprint density at radius 3 is 2.38 bits per heavy atom. The van der Waals surface area contributed by atoms with Crippen LogP contribution in [0.1, 0.15) is 25.3 Å². The number of Topliss-reactive ketones (excluding diaryl/α,β-unsaturated/α-hetero) is 1. The molecule has 0 bridgehead atoms.